The molecule has 9 heteroatoms. The van der Waals surface area contributed by atoms with Gasteiger partial charge in [-0.3, -0.25) is 19.2 Å². The zero-order chi connectivity index (χ0) is 25.6. The number of carbonyl (C=O) groups is 4. The number of ether oxygens (including phenoxy) is 1. The minimum atomic E-state index is -0.842. The highest BCUT2D eigenvalue weighted by Gasteiger charge is 2.21. The minimum Gasteiger partial charge on any atom is -0.488 e. The summed E-state index contributed by atoms with van der Waals surface area (Å²) >= 11 is 0. The van der Waals surface area contributed by atoms with Crippen LogP contribution >= 0.6 is 0 Å². The third-order valence-electron chi connectivity index (χ3n) is 4.70. The lowest BCUT2D eigenvalue weighted by Crippen LogP contribution is -2.50. The molecule has 0 unspecified atom stereocenters. The van der Waals surface area contributed by atoms with Gasteiger partial charge in [0.1, 0.15) is 17.4 Å². The van der Waals surface area contributed by atoms with E-state index in [1.165, 1.54) is 6.92 Å². The summed E-state index contributed by atoms with van der Waals surface area (Å²) in [4.78, 5) is 48.0. The first kappa shape index (κ1) is 28.9. The molecular formula is C25H40N4O5. The summed E-state index contributed by atoms with van der Waals surface area (Å²) < 4.78 is 5.79. The average molecular weight is 477 g/mol. The number of rotatable bonds is 14. The Kier molecular flexibility index (Phi) is 12.7. The van der Waals surface area contributed by atoms with Gasteiger partial charge >= 0.3 is 0 Å². The molecule has 0 fully saturated rings. The molecular weight excluding hydrogens is 436 g/mol. The Hall–Kier alpha value is -3.10. The Balaban J connectivity index is 2.49. The van der Waals surface area contributed by atoms with Gasteiger partial charge in [0.2, 0.25) is 23.6 Å². The molecule has 0 radical (unpaired) electrons. The second-order valence-corrected chi connectivity index (χ2v) is 9.22. The van der Waals surface area contributed by atoms with Crippen molar-refractivity contribution in [3.8, 4) is 5.75 Å². The molecule has 0 aromatic heterocycles. The molecule has 190 valence electrons. The zero-order valence-electron chi connectivity index (χ0n) is 21.1. The molecule has 0 aliphatic heterocycles. The topological polar surface area (TPSA) is 126 Å². The summed E-state index contributed by atoms with van der Waals surface area (Å²) in [5, 5.41) is 10.4. The van der Waals surface area contributed by atoms with Crippen molar-refractivity contribution in [2.24, 2.45) is 0 Å². The molecule has 34 heavy (non-hydrogen) atoms. The van der Waals surface area contributed by atoms with Gasteiger partial charge in [-0.05, 0) is 44.9 Å². The number of unbranched alkanes of at least 4 members (excludes halogenated alkanes) is 3. The molecule has 0 spiro atoms. The predicted molar refractivity (Wildman–Crippen MR) is 131 cm³/mol. The van der Waals surface area contributed by atoms with Crippen molar-refractivity contribution in [3.63, 3.8) is 0 Å². The van der Waals surface area contributed by atoms with E-state index >= 15 is 0 Å². The van der Waals surface area contributed by atoms with Gasteiger partial charge in [-0.2, -0.15) is 0 Å². The summed E-state index contributed by atoms with van der Waals surface area (Å²) in [6.07, 6.45) is 4.46. The third kappa shape index (κ3) is 13.4. The first-order chi connectivity index (χ1) is 16.0. The van der Waals surface area contributed by atoms with Crippen LogP contribution < -0.4 is 26.0 Å². The van der Waals surface area contributed by atoms with E-state index in [1.54, 1.807) is 0 Å². The lowest BCUT2D eigenvalue weighted by molar-refractivity contribution is -0.130. The van der Waals surface area contributed by atoms with Crippen molar-refractivity contribution in [2.45, 2.75) is 78.4 Å². The van der Waals surface area contributed by atoms with Crippen molar-refractivity contribution in [1.29, 1.82) is 0 Å². The number of carbonyl (C=O) groups excluding carboxylic acids is 4. The van der Waals surface area contributed by atoms with Crippen LogP contribution in [0.1, 0.15) is 65.9 Å². The highest BCUT2D eigenvalue weighted by atomic mass is 16.5. The van der Waals surface area contributed by atoms with Crippen LogP contribution in [-0.4, -0.2) is 54.9 Å². The van der Waals surface area contributed by atoms with E-state index in [-0.39, 0.29) is 36.9 Å². The molecule has 1 aromatic rings. The van der Waals surface area contributed by atoms with Gasteiger partial charge in [0.25, 0.3) is 0 Å². The van der Waals surface area contributed by atoms with E-state index in [4.69, 9.17) is 4.74 Å². The van der Waals surface area contributed by atoms with Gasteiger partial charge in [0, 0.05) is 19.9 Å². The van der Waals surface area contributed by atoms with Crippen molar-refractivity contribution >= 4 is 23.6 Å². The van der Waals surface area contributed by atoms with E-state index in [9.17, 15) is 19.2 Å². The zero-order valence-corrected chi connectivity index (χ0v) is 21.1. The molecule has 0 saturated carbocycles. The molecule has 1 atom stereocenters. The fraction of sp³-hybridized carbons (Fsp3) is 0.600. The van der Waals surface area contributed by atoms with Gasteiger partial charge in [-0.15, -0.1) is 0 Å². The lowest BCUT2D eigenvalue weighted by Gasteiger charge is -2.22. The normalized spacial score (nSPS) is 11.8. The molecule has 4 amide bonds. The van der Waals surface area contributed by atoms with Crippen LogP contribution in [0.2, 0.25) is 0 Å². The Morgan fingerprint density at radius 2 is 1.50 bits per heavy atom. The summed E-state index contributed by atoms with van der Waals surface area (Å²) in [6, 6.07) is 6.44. The van der Waals surface area contributed by atoms with Crippen LogP contribution in [0.25, 0.3) is 0 Å². The second-order valence-electron chi connectivity index (χ2n) is 9.22. The molecule has 0 bridgehead atoms. The monoisotopic (exact) mass is 476 g/mol. The van der Waals surface area contributed by atoms with Gasteiger partial charge in [-0.25, -0.2) is 0 Å². The van der Waals surface area contributed by atoms with E-state index in [0.29, 0.717) is 12.3 Å². The van der Waals surface area contributed by atoms with E-state index in [0.717, 1.165) is 31.2 Å². The highest BCUT2D eigenvalue weighted by molar-refractivity contribution is 5.91. The van der Waals surface area contributed by atoms with Crippen LogP contribution in [-0.2, 0) is 25.6 Å². The molecule has 0 aliphatic rings. The first-order valence-corrected chi connectivity index (χ1v) is 11.9. The van der Waals surface area contributed by atoms with E-state index in [2.05, 4.69) is 28.2 Å². The average Bonchev–Trinajstić information content (AvgIpc) is 2.75. The third-order valence-corrected chi connectivity index (χ3v) is 4.70. The maximum absolute atomic E-state index is 12.6. The summed E-state index contributed by atoms with van der Waals surface area (Å²) in [6.45, 7) is 9.44. The Morgan fingerprint density at radius 1 is 0.882 bits per heavy atom. The van der Waals surface area contributed by atoms with Crippen LogP contribution in [0.4, 0.5) is 0 Å². The summed E-state index contributed by atoms with van der Waals surface area (Å²) in [5.74, 6) is -0.891. The number of amides is 4. The quantitative estimate of drug-likeness (QED) is 0.305. The molecule has 1 rings (SSSR count). The van der Waals surface area contributed by atoms with Gasteiger partial charge < -0.3 is 26.0 Å². The molecule has 0 heterocycles. The molecule has 0 aliphatic carbocycles. The molecule has 9 nitrogen and oxygen atoms in total. The van der Waals surface area contributed by atoms with Crippen LogP contribution in [0, 0.1) is 0 Å². The number of benzene rings is 1. The van der Waals surface area contributed by atoms with Crippen LogP contribution in [0.3, 0.4) is 0 Å². The fourth-order valence-electron chi connectivity index (χ4n) is 3.11. The number of hydrogen-bond donors (Lipinski definition) is 4. The van der Waals surface area contributed by atoms with Gasteiger partial charge in [0.15, 0.2) is 0 Å². The van der Waals surface area contributed by atoms with Crippen LogP contribution in [0.5, 0.6) is 5.75 Å². The number of hydrogen-bond acceptors (Lipinski definition) is 5. The summed E-state index contributed by atoms with van der Waals surface area (Å²) in [5.41, 5.74) is 0.505. The molecule has 1 aromatic carbocycles. The molecule has 0 saturated heterocycles. The largest absolute Gasteiger partial charge is 0.488 e. The lowest BCUT2D eigenvalue weighted by atomic mass is 10.0. The predicted octanol–water partition coefficient (Wildman–Crippen LogP) is 1.84. The van der Waals surface area contributed by atoms with E-state index < -0.39 is 17.9 Å². The second kappa shape index (κ2) is 14.9. The van der Waals surface area contributed by atoms with Crippen LogP contribution in [0.15, 0.2) is 24.3 Å². The standard InChI is InChI=1S/C25H40N4O5/c1-6-7-8-9-14-26-22(31)16-27-23(32)17-28-24(33)21(29-18(2)30)15-19-10-12-20(13-11-19)34-25(3,4)5/h10-13,21H,6-9,14-17H2,1-5H3,(H,26,31)(H,27,32)(H,28,33)(H,29,30)/t21-/m0/s1. The Labute approximate surface area is 202 Å². The SMILES string of the molecule is CCCCCCNC(=O)CNC(=O)CNC(=O)[C@H](Cc1ccc(OC(C)(C)C)cc1)NC(C)=O. The van der Waals surface area contributed by atoms with Crippen molar-refractivity contribution in [1.82, 2.24) is 21.3 Å². The Morgan fingerprint density at radius 3 is 2.09 bits per heavy atom. The maximum Gasteiger partial charge on any atom is 0.243 e. The minimum absolute atomic E-state index is 0.152. The summed E-state index contributed by atoms with van der Waals surface area (Å²) in [7, 11) is 0. The molecule has 4 N–H and O–H groups in total. The highest BCUT2D eigenvalue weighted by Crippen LogP contribution is 2.19. The van der Waals surface area contributed by atoms with Crippen molar-refractivity contribution < 1.29 is 23.9 Å². The van der Waals surface area contributed by atoms with Gasteiger partial charge in [-0.1, -0.05) is 38.3 Å². The smallest absolute Gasteiger partial charge is 0.243 e. The Bertz CT molecular complexity index is 803. The van der Waals surface area contributed by atoms with Crippen molar-refractivity contribution in [2.75, 3.05) is 19.6 Å². The fourth-order valence-corrected chi connectivity index (χ4v) is 3.11. The first-order valence-electron chi connectivity index (χ1n) is 11.9. The maximum atomic E-state index is 12.6. The van der Waals surface area contributed by atoms with Gasteiger partial charge in [0.05, 0.1) is 13.1 Å². The van der Waals surface area contributed by atoms with Crippen molar-refractivity contribution in [3.05, 3.63) is 29.8 Å². The number of nitrogens with one attached hydrogen (secondary N) is 4. The van der Waals surface area contributed by atoms with E-state index in [1.807, 2.05) is 45.0 Å².